The van der Waals surface area contributed by atoms with E-state index in [1.165, 1.54) is 5.39 Å². The molecule has 0 spiro atoms. The molecule has 82 valence electrons. The number of amides is 1. The van der Waals surface area contributed by atoms with Gasteiger partial charge in [-0.1, -0.05) is 18.2 Å². The second kappa shape index (κ2) is 3.67. The van der Waals surface area contributed by atoms with Gasteiger partial charge in [0.1, 0.15) is 0 Å². The fourth-order valence-electron chi connectivity index (χ4n) is 2.52. The number of carbonyl (C=O) groups is 1. The number of nitrogens with one attached hydrogen (secondary N) is 1. The molecule has 3 nitrogen and oxygen atoms in total. The van der Waals surface area contributed by atoms with Crippen molar-refractivity contribution in [3.63, 3.8) is 0 Å². The average Bonchev–Trinajstić information content (AvgIpc) is 2.94. The monoisotopic (exact) mass is 214 g/mol. The summed E-state index contributed by atoms with van der Waals surface area (Å²) in [6, 6.07) is 10.6. The number of fused-ring (bicyclic) bond motifs is 1. The van der Waals surface area contributed by atoms with Crippen LogP contribution in [0.25, 0.3) is 10.9 Å². The highest BCUT2D eigenvalue weighted by Crippen LogP contribution is 2.31. The minimum Gasteiger partial charge on any atom is -0.357 e. The zero-order valence-corrected chi connectivity index (χ0v) is 9.02. The Hall–Kier alpha value is -1.77. The van der Waals surface area contributed by atoms with Crippen molar-refractivity contribution in [3.8, 4) is 0 Å². The first kappa shape index (κ1) is 9.46. The molecule has 1 aromatic heterocycles. The van der Waals surface area contributed by atoms with Gasteiger partial charge in [-0.15, -0.1) is 0 Å². The number of H-pyrrole nitrogens is 1. The Labute approximate surface area is 94.1 Å². The molecule has 3 heteroatoms. The summed E-state index contributed by atoms with van der Waals surface area (Å²) in [6.07, 6.45) is 3.12. The first-order chi connectivity index (χ1) is 7.88. The summed E-state index contributed by atoms with van der Waals surface area (Å²) in [6.45, 7) is 0.879. The van der Waals surface area contributed by atoms with Crippen LogP contribution in [0, 0.1) is 0 Å². The molecule has 2 aromatic rings. The SMILES string of the molecule is O=CN1CCCC1c1cc2ccccc2[nH]1. The van der Waals surface area contributed by atoms with Crippen LogP contribution in [0.1, 0.15) is 24.6 Å². The highest BCUT2D eigenvalue weighted by Gasteiger charge is 2.25. The minimum absolute atomic E-state index is 0.241. The third-order valence-corrected chi connectivity index (χ3v) is 3.34. The number of aromatic nitrogens is 1. The van der Waals surface area contributed by atoms with E-state index in [4.69, 9.17) is 0 Å². The normalized spacial score (nSPS) is 20.5. The number of carbonyl (C=O) groups excluding carboxylic acids is 1. The summed E-state index contributed by atoms with van der Waals surface area (Å²) < 4.78 is 0. The van der Waals surface area contributed by atoms with Gasteiger partial charge in [0, 0.05) is 17.8 Å². The summed E-state index contributed by atoms with van der Waals surface area (Å²) in [5.41, 5.74) is 2.31. The van der Waals surface area contributed by atoms with Crippen LogP contribution in [-0.2, 0) is 4.79 Å². The Morgan fingerprint density at radius 3 is 3.06 bits per heavy atom. The first-order valence-electron chi connectivity index (χ1n) is 5.67. The van der Waals surface area contributed by atoms with Gasteiger partial charge in [0.05, 0.1) is 6.04 Å². The molecule has 1 atom stereocenters. The number of aromatic amines is 1. The van der Waals surface area contributed by atoms with Crippen molar-refractivity contribution < 1.29 is 4.79 Å². The molecule has 0 bridgehead atoms. The molecule has 1 aliphatic rings. The quantitative estimate of drug-likeness (QED) is 0.766. The zero-order chi connectivity index (χ0) is 11.0. The van der Waals surface area contributed by atoms with Crippen LogP contribution in [0.5, 0.6) is 0 Å². The molecule has 1 N–H and O–H groups in total. The van der Waals surface area contributed by atoms with Crippen LogP contribution in [0.4, 0.5) is 0 Å². The van der Waals surface area contributed by atoms with Crippen molar-refractivity contribution in [2.45, 2.75) is 18.9 Å². The van der Waals surface area contributed by atoms with Crippen LogP contribution < -0.4 is 0 Å². The molecule has 16 heavy (non-hydrogen) atoms. The van der Waals surface area contributed by atoms with Gasteiger partial charge in [-0.3, -0.25) is 4.79 Å². The maximum atomic E-state index is 10.9. The minimum atomic E-state index is 0.241. The third-order valence-electron chi connectivity index (χ3n) is 3.34. The molecule has 0 radical (unpaired) electrons. The molecule has 1 unspecified atom stereocenters. The summed E-state index contributed by atoms with van der Waals surface area (Å²) >= 11 is 0. The summed E-state index contributed by atoms with van der Waals surface area (Å²) in [5, 5.41) is 1.22. The largest absolute Gasteiger partial charge is 0.357 e. The lowest BCUT2D eigenvalue weighted by Crippen LogP contribution is -2.21. The van der Waals surface area contributed by atoms with Gasteiger partial charge in [0.15, 0.2) is 0 Å². The maximum absolute atomic E-state index is 10.9. The van der Waals surface area contributed by atoms with E-state index >= 15 is 0 Å². The Morgan fingerprint density at radius 1 is 1.38 bits per heavy atom. The molecule has 3 rings (SSSR count). The molecule has 1 aromatic carbocycles. The number of hydrogen-bond donors (Lipinski definition) is 1. The number of hydrogen-bond acceptors (Lipinski definition) is 1. The zero-order valence-electron chi connectivity index (χ0n) is 9.02. The summed E-state index contributed by atoms with van der Waals surface area (Å²) in [4.78, 5) is 16.2. The fourth-order valence-corrected chi connectivity index (χ4v) is 2.52. The van der Waals surface area contributed by atoms with Crippen molar-refractivity contribution in [1.82, 2.24) is 9.88 Å². The number of para-hydroxylation sites is 1. The number of rotatable bonds is 2. The molecule has 0 saturated carbocycles. The first-order valence-corrected chi connectivity index (χ1v) is 5.67. The van der Waals surface area contributed by atoms with E-state index in [0.717, 1.165) is 37.0 Å². The molecular weight excluding hydrogens is 200 g/mol. The van der Waals surface area contributed by atoms with Gasteiger partial charge in [-0.05, 0) is 30.4 Å². The fraction of sp³-hybridized carbons (Fsp3) is 0.308. The van der Waals surface area contributed by atoms with E-state index in [1.54, 1.807) is 0 Å². The number of benzene rings is 1. The molecule has 0 aliphatic carbocycles. The van der Waals surface area contributed by atoms with Gasteiger partial charge in [0.25, 0.3) is 0 Å². The maximum Gasteiger partial charge on any atom is 0.210 e. The van der Waals surface area contributed by atoms with Gasteiger partial charge in [-0.2, -0.15) is 0 Å². The second-order valence-electron chi connectivity index (χ2n) is 4.31. The number of likely N-dealkylation sites (tertiary alicyclic amines) is 1. The van der Waals surface area contributed by atoms with E-state index in [0.29, 0.717) is 0 Å². The van der Waals surface area contributed by atoms with Gasteiger partial charge in [0.2, 0.25) is 6.41 Å². The Bertz CT molecular complexity index is 484. The van der Waals surface area contributed by atoms with E-state index in [-0.39, 0.29) is 6.04 Å². The Kier molecular flexibility index (Phi) is 2.17. The smallest absolute Gasteiger partial charge is 0.210 e. The van der Waals surface area contributed by atoms with E-state index in [1.807, 2.05) is 17.0 Å². The van der Waals surface area contributed by atoms with Crippen LogP contribution in [0.2, 0.25) is 0 Å². The van der Waals surface area contributed by atoms with Crippen LogP contribution in [0.3, 0.4) is 0 Å². The van der Waals surface area contributed by atoms with Gasteiger partial charge >= 0.3 is 0 Å². The molecule has 1 aliphatic heterocycles. The summed E-state index contributed by atoms with van der Waals surface area (Å²) in [5.74, 6) is 0. The van der Waals surface area contributed by atoms with Crippen molar-refractivity contribution in [1.29, 1.82) is 0 Å². The van der Waals surface area contributed by atoms with Crippen LogP contribution in [0.15, 0.2) is 30.3 Å². The Balaban J connectivity index is 2.02. The number of nitrogens with zero attached hydrogens (tertiary/aromatic N) is 1. The molecule has 2 heterocycles. The lowest BCUT2D eigenvalue weighted by atomic mass is 10.1. The average molecular weight is 214 g/mol. The molecular formula is C13H14N2O. The van der Waals surface area contributed by atoms with Crippen molar-refractivity contribution in [2.24, 2.45) is 0 Å². The van der Waals surface area contributed by atoms with Crippen molar-refractivity contribution in [3.05, 3.63) is 36.0 Å². The summed E-state index contributed by atoms with van der Waals surface area (Å²) in [7, 11) is 0. The van der Waals surface area contributed by atoms with Crippen molar-refractivity contribution >= 4 is 17.3 Å². The topological polar surface area (TPSA) is 36.1 Å². The van der Waals surface area contributed by atoms with E-state index < -0.39 is 0 Å². The predicted molar refractivity (Wildman–Crippen MR) is 63.0 cm³/mol. The van der Waals surface area contributed by atoms with Gasteiger partial charge in [-0.25, -0.2) is 0 Å². The van der Waals surface area contributed by atoms with Crippen LogP contribution >= 0.6 is 0 Å². The predicted octanol–water partition coefficient (Wildman–Crippen LogP) is 2.46. The molecule has 1 fully saturated rings. The van der Waals surface area contributed by atoms with E-state index in [2.05, 4.69) is 23.2 Å². The highest BCUT2D eigenvalue weighted by molar-refractivity contribution is 5.80. The van der Waals surface area contributed by atoms with Crippen LogP contribution in [-0.4, -0.2) is 22.8 Å². The third kappa shape index (κ3) is 1.40. The second-order valence-corrected chi connectivity index (χ2v) is 4.31. The lowest BCUT2D eigenvalue weighted by molar-refractivity contribution is -0.119. The van der Waals surface area contributed by atoms with Crippen molar-refractivity contribution in [2.75, 3.05) is 6.54 Å². The van der Waals surface area contributed by atoms with Gasteiger partial charge < -0.3 is 9.88 Å². The Morgan fingerprint density at radius 2 is 2.25 bits per heavy atom. The molecule has 1 saturated heterocycles. The standard InChI is InChI=1S/C13H14N2O/c16-9-15-7-3-6-13(15)12-8-10-4-1-2-5-11(10)14-12/h1-2,4-5,8-9,13-14H,3,6-7H2. The van der Waals surface area contributed by atoms with E-state index in [9.17, 15) is 4.79 Å². The highest BCUT2D eigenvalue weighted by atomic mass is 16.1. The lowest BCUT2D eigenvalue weighted by Gasteiger charge is -2.18. The molecule has 1 amide bonds.